The zero-order valence-electron chi connectivity index (χ0n) is 7.97. The van der Waals surface area contributed by atoms with Gasteiger partial charge in [0, 0.05) is 18.0 Å². The Morgan fingerprint density at radius 3 is 2.93 bits per heavy atom. The molecule has 2 heterocycles. The number of aromatic nitrogens is 4. The fourth-order valence-corrected chi connectivity index (χ4v) is 1.11. The molecular weight excluding hydrogens is 178 g/mol. The van der Waals surface area contributed by atoms with Crippen molar-refractivity contribution in [3.63, 3.8) is 0 Å². The molecule has 0 bridgehead atoms. The van der Waals surface area contributed by atoms with Gasteiger partial charge in [-0.3, -0.25) is 0 Å². The minimum Gasteiger partial charge on any atom is -0.219 e. The molecule has 0 spiro atoms. The molecule has 0 radical (unpaired) electrons. The summed E-state index contributed by atoms with van der Waals surface area (Å²) in [7, 11) is 0. The third-order valence-electron chi connectivity index (χ3n) is 2.14. The van der Waals surface area contributed by atoms with E-state index in [0.717, 1.165) is 5.56 Å². The van der Waals surface area contributed by atoms with Crippen LogP contribution in [0.5, 0.6) is 0 Å². The lowest BCUT2D eigenvalue weighted by Gasteiger charge is -2.14. The molecule has 0 N–H and O–H groups in total. The summed E-state index contributed by atoms with van der Waals surface area (Å²) in [4.78, 5) is 8.02. The van der Waals surface area contributed by atoms with Gasteiger partial charge >= 0.3 is 0 Å². The van der Waals surface area contributed by atoms with Crippen LogP contribution in [0.3, 0.4) is 0 Å². The van der Waals surface area contributed by atoms with Gasteiger partial charge in [-0.15, -0.1) is 0 Å². The van der Waals surface area contributed by atoms with Crippen molar-refractivity contribution < 1.29 is 0 Å². The molecule has 0 aromatic carbocycles. The maximum absolute atomic E-state index is 8.95. The predicted molar refractivity (Wildman–Crippen MR) is 49.4 cm³/mol. The molecule has 2 aromatic heterocycles. The number of hydrogen-bond donors (Lipinski definition) is 0. The smallest absolute Gasteiger partial charge is 0.219 e. The highest BCUT2D eigenvalue weighted by atomic mass is 15.3. The van der Waals surface area contributed by atoms with Crippen molar-refractivity contribution in [2.24, 2.45) is 0 Å². The summed E-state index contributed by atoms with van der Waals surface area (Å²) in [6.45, 7) is 3.68. The van der Waals surface area contributed by atoms with Gasteiger partial charge in [-0.2, -0.15) is 15.3 Å². The fourth-order valence-electron chi connectivity index (χ4n) is 1.11. The molecule has 2 aromatic rings. The number of hydrogen-bond acceptors (Lipinski definition) is 4. The lowest BCUT2D eigenvalue weighted by molar-refractivity contribution is 0.672. The second-order valence-electron chi connectivity index (χ2n) is 3.58. The second kappa shape index (κ2) is 2.77. The van der Waals surface area contributed by atoms with E-state index in [2.05, 4.69) is 21.1 Å². The summed E-state index contributed by atoms with van der Waals surface area (Å²) in [5, 5.41) is 12.9. The van der Waals surface area contributed by atoms with E-state index >= 15 is 0 Å². The first-order valence-electron chi connectivity index (χ1n) is 4.20. The normalized spacial score (nSPS) is 11.5. The van der Waals surface area contributed by atoms with E-state index in [0.29, 0.717) is 5.78 Å². The van der Waals surface area contributed by atoms with Crippen molar-refractivity contribution in [1.82, 2.24) is 19.6 Å². The molecule has 5 heteroatoms. The zero-order valence-corrected chi connectivity index (χ0v) is 7.97. The van der Waals surface area contributed by atoms with Crippen molar-refractivity contribution in [1.29, 1.82) is 5.26 Å². The van der Waals surface area contributed by atoms with E-state index in [1.54, 1.807) is 16.9 Å². The van der Waals surface area contributed by atoms with Crippen molar-refractivity contribution in [2.75, 3.05) is 0 Å². The van der Waals surface area contributed by atoms with Gasteiger partial charge < -0.3 is 0 Å². The molecule has 0 aliphatic carbocycles. The molecule has 2 rings (SSSR count). The van der Waals surface area contributed by atoms with Gasteiger partial charge in [-0.25, -0.2) is 9.50 Å². The van der Waals surface area contributed by atoms with Gasteiger partial charge in [0.05, 0.1) is 11.5 Å². The van der Waals surface area contributed by atoms with Crippen LogP contribution in [0.1, 0.15) is 19.4 Å². The van der Waals surface area contributed by atoms with Gasteiger partial charge in [0.2, 0.25) is 0 Å². The molecule has 0 saturated carbocycles. The van der Waals surface area contributed by atoms with E-state index < -0.39 is 5.41 Å². The third-order valence-corrected chi connectivity index (χ3v) is 2.14. The van der Waals surface area contributed by atoms with Gasteiger partial charge in [-0.1, -0.05) is 0 Å². The molecular formula is C9H9N5. The van der Waals surface area contributed by atoms with Crippen LogP contribution in [0.2, 0.25) is 0 Å². The maximum atomic E-state index is 8.95. The first-order chi connectivity index (χ1) is 6.63. The third kappa shape index (κ3) is 1.21. The van der Waals surface area contributed by atoms with Crippen LogP contribution in [0.4, 0.5) is 0 Å². The lowest BCUT2D eigenvalue weighted by Crippen LogP contribution is -2.15. The van der Waals surface area contributed by atoms with Crippen LogP contribution in [0.25, 0.3) is 5.78 Å². The molecule has 0 aliphatic rings. The van der Waals surface area contributed by atoms with Gasteiger partial charge in [0.15, 0.2) is 0 Å². The largest absolute Gasteiger partial charge is 0.252 e. The van der Waals surface area contributed by atoms with E-state index in [4.69, 9.17) is 5.26 Å². The van der Waals surface area contributed by atoms with Crippen LogP contribution in [-0.2, 0) is 5.41 Å². The molecule has 5 nitrogen and oxygen atoms in total. The highest BCUT2D eigenvalue weighted by Crippen LogP contribution is 2.20. The Kier molecular flexibility index (Phi) is 1.71. The lowest BCUT2D eigenvalue weighted by atomic mass is 9.89. The van der Waals surface area contributed by atoms with Gasteiger partial charge in [0.1, 0.15) is 6.33 Å². The quantitative estimate of drug-likeness (QED) is 0.666. The molecule has 70 valence electrons. The minimum absolute atomic E-state index is 0.544. The Bertz CT molecular complexity index is 505. The highest BCUT2D eigenvalue weighted by Gasteiger charge is 2.20. The fraction of sp³-hybridized carbons (Fsp3) is 0.333. The van der Waals surface area contributed by atoms with Crippen LogP contribution in [0.15, 0.2) is 18.7 Å². The van der Waals surface area contributed by atoms with Crippen molar-refractivity contribution in [3.8, 4) is 6.07 Å². The highest BCUT2D eigenvalue weighted by molar-refractivity contribution is 5.32. The molecule has 0 saturated heterocycles. The summed E-state index contributed by atoms with van der Waals surface area (Å²) in [6, 6.07) is 2.21. The van der Waals surface area contributed by atoms with Crippen LogP contribution in [0, 0.1) is 11.3 Å². The van der Waals surface area contributed by atoms with E-state index in [1.165, 1.54) is 6.33 Å². The summed E-state index contributed by atoms with van der Waals surface area (Å²) in [5.41, 5.74) is 0.283. The van der Waals surface area contributed by atoms with Gasteiger partial charge in [0.25, 0.3) is 5.78 Å². The Morgan fingerprint density at radius 2 is 2.21 bits per heavy atom. The summed E-state index contributed by atoms with van der Waals surface area (Å²) in [5.74, 6) is 0.544. The summed E-state index contributed by atoms with van der Waals surface area (Å²) in [6.07, 6.45) is 4.87. The zero-order chi connectivity index (χ0) is 10.2. The van der Waals surface area contributed by atoms with E-state index in [9.17, 15) is 0 Å². The standard InChI is InChI=1S/C9H9N5/c1-9(2,5-10)7-3-11-8-12-6-13-14(8)4-7/h3-4,6H,1-2H3. The molecule has 0 aliphatic heterocycles. The van der Waals surface area contributed by atoms with Crippen LogP contribution in [-0.4, -0.2) is 19.6 Å². The van der Waals surface area contributed by atoms with Crippen molar-refractivity contribution in [3.05, 3.63) is 24.3 Å². The number of nitriles is 1. The molecule has 0 fully saturated rings. The first kappa shape index (κ1) is 8.63. The average molecular weight is 187 g/mol. The van der Waals surface area contributed by atoms with Crippen molar-refractivity contribution in [2.45, 2.75) is 19.3 Å². The number of nitrogens with zero attached hydrogens (tertiary/aromatic N) is 5. The second-order valence-corrected chi connectivity index (χ2v) is 3.58. The Hall–Kier alpha value is -1.96. The monoisotopic (exact) mass is 187 g/mol. The van der Waals surface area contributed by atoms with Gasteiger partial charge in [-0.05, 0) is 13.8 Å². The first-order valence-corrected chi connectivity index (χ1v) is 4.20. The summed E-state index contributed by atoms with van der Waals surface area (Å²) < 4.78 is 1.56. The molecule has 0 atom stereocenters. The topological polar surface area (TPSA) is 66.9 Å². The van der Waals surface area contributed by atoms with E-state index in [-0.39, 0.29) is 0 Å². The Morgan fingerprint density at radius 1 is 1.43 bits per heavy atom. The molecule has 14 heavy (non-hydrogen) atoms. The molecule has 0 amide bonds. The van der Waals surface area contributed by atoms with Crippen LogP contribution < -0.4 is 0 Å². The predicted octanol–water partition coefficient (Wildman–Crippen LogP) is 0.925. The van der Waals surface area contributed by atoms with Crippen LogP contribution >= 0.6 is 0 Å². The number of fused-ring (bicyclic) bond motifs is 1. The number of rotatable bonds is 1. The Balaban J connectivity index is 2.61. The minimum atomic E-state index is -0.548. The average Bonchev–Trinajstić information content (AvgIpc) is 2.64. The Labute approximate surface area is 81.0 Å². The maximum Gasteiger partial charge on any atom is 0.252 e. The summed E-state index contributed by atoms with van der Waals surface area (Å²) >= 11 is 0. The molecule has 0 unspecified atom stereocenters. The van der Waals surface area contributed by atoms with E-state index in [1.807, 2.05) is 13.8 Å². The van der Waals surface area contributed by atoms with Crippen molar-refractivity contribution >= 4 is 5.78 Å². The SMILES string of the molecule is CC(C)(C#N)c1cnc2ncnn2c1.